The Kier molecular flexibility index (Phi) is 7.32. The molecule has 29 heavy (non-hydrogen) atoms. The van der Waals surface area contributed by atoms with Crippen LogP contribution in [0.3, 0.4) is 0 Å². The van der Waals surface area contributed by atoms with Gasteiger partial charge in [0.1, 0.15) is 23.1 Å². The number of ether oxygens (including phenoxy) is 1. The lowest BCUT2D eigenvalue weighted by atomic mass is 10.2. The Morgan fingerprint density at radius 1 is 1.28 bits per heavy atom. The van der Waals surface area contributed by atoms with Crippen molar-refractivity contribution >= 4 is 35.4 Å². The molecule has 3 rings (SSSR count). The van der Waals surface area contributed by atoms with Gasteiger partial charge in [-0.25, -0.2) is 9.78 Å². The number of aliphatic carboxylic acids is 1. The standard InChI is InChI=1S/C21H20ClN3O3S/c1-2-4-19-23-21(25-24-19)29-18(20(26)27)12-15-5-3-6-17(11-15)28-13-14-7-9-16(22)10-8-14/h3,5-12H,2,4,13H2,1H3,(H,26,27)(H,23,24,25)/b18-12-. The highest BCUT2D eigenvalue weighted by molar-refractivity contribution is 8.04. The Morgan fingerprint density at radius 2 is 2.07 bits per heavy atom. The van der Waals surface area contributed by atoms with Crippen molar-refractivity contribution in [3.05, 3.63) is 75.4 Å². The summed E-state index contributed by atoms with van der Waals surface area (Å²) < 4.78 is 5.81. The number of nitrogens with zero attached hydrogens (tertiary/aromatic N) is 2. The number of hydrogen-bond acceptors (Lipinski definition) is 5. The first kappa shape index (κ1) is 21.0. The molecule has 0 aliphatic heterocycles. The van der Waals surface area contributed by atoms with Crippen LogP contribution in [0.2, 0.25) is 5.02 Å². The van der Waals surface area contributed by atoms with Crippen LogP contribution in [0.4, 0.5) is 0 Å². The lowest BCUT2D eigenvalue weighted by Gasteiger charge is -2.07. The van der Waals surface area contributed by atoms with Crippen molar-refractivity contribution in [1.82, 2.24) is 15.2 Å². The number of carbonyl (C=O) groups is 1. The van der Waals surface area contributed by atoms with Crippen molar-refractivity contribution in [3.63, 3.8) is 0 Å². The maximum absolute atomic E-state index is 11.7. The quantitative estimate of drug-likeness (QED) is 0.358. The number of aromatic amines is 1. The topological polar surface area (TPSA) is 88.1 Å². The van der Waals surface area contributed by atoms with E-state index in [0.29, 0.717) is 28.1 Å². The van der Waals surface area contributed by atoms with E-state index in [2.05, 4.69) is 15.2 Å². The molecule has 0 saturated heterocycles. The highest BCUT2D eigenvalue weighted by atomic mass is 35.5. The molecular formula is C21H20ClN3O3S. The molecule has 150 valence electrons. The minimum absolute atomic E-state index is 0.127. The average Bonchev–Trinajstić information content (AvgIpc) is 3.15. The van der Waals surface area contributed by atoms with E-state index in [-0.39, 0.29) is 4.91 Å². The number of aromatic nitrogens is 3. The molecule has 0 atom stereocenters. The van der Waals surface area contributed by atoms with Crippen LogP contribution in [0.5, 0.6) is 5.75 Å². The van der Waals surface area contributed by atoms with Crippen LogP contribution in [0.25, 0.3) is 6.08 Å². The maximum Gasteiger partial charge on any atom is 0.342 e. The van der Waals surface area contributed by atoms with E-state index >= 15 is 0 Å². The lowest BCUT2D eigenvalue weighted by Crippen LogP contribution is -1.98. The van der Waals surface area contributed by atoms with E-state index in [4.69, 9.17) is 16.3 Å². The minimum Gasteiger partial charge on any atom is -0.489 e. The molecule has 0 unspecified atom stereocenters. The van der Waals surface area contributed by atoms with Crippen LogP contribution in [0.15, 0.2) is 58.6 Å². The Bertz CT molecular complexity index is 1000. The third-order valence-corrected chi connectivity index (χ3v) is 5.01. The molecule has 0 spiro atoms. The maximum atomic E-state index is 11.7. The highest BCUT2D eigenvalue weighted by Crippen LogP contribution is 2.27. The van der Waals surface area contributed by atoms with Gasteiger partial charge >= 0.3 is 5.97 Å². The van der Waals surface area contributed by atoms with Crippen molar-refractivity contribution in [3.8, 4) is 5.75 Å². The minimum atomic E-state index is -1.04. The summed E-state index contributed by atoms with van der Waals surface area (Å²) in [7, 11) is 0. The fraction of sp³-hybridized carbons (Fsp3) is 0.190. The number of rotatable bonds is 9. The Balaban J connectivity index is 1.71. The summed E-state index contributed by atoms with van der Waals surface area (Å²) in [6, 6.07) is 14.7. The molecule has 0 fully saturated rings. The summed E-state index contributed by atoms with van der Waals surface area (Å²) in [6.07, 6.45) is 3.29. The molecule has 2 aromatic carbocycles. The second kappa shape index (κ2) is 10.1. The molecule has 0 bridgehead atoms. The molecule has 0 aliphatic rings. The zero-order valence-electron chi connectivity index (χ0n) is 15.8. The number of aryl methyl sites for hydroxylation is 1. The van der Waals surface area contributed by atoms with Gasteiger partial charge in [-0.05, 0) is 59.7 Å². The third kappa shape index (κ3) is 6.37. The molecule has 1 heterocycles. The summed E-state index contributed by atoms with van der Waals surface area (Å²) in [5.41, 5.74) is 1.71. The summed E-state index contributed by atoms with van der Waals surface area (Å²) in [6.45, 7) is 2.43. The summed E-state index contributed by atoms with van der Waals surface area (Å²) >= 11 is 6.90. The molecule has 8 heteroatoms. The second-order valence-electron chi connectivity index (χ2n) is 6.22. The summed E-state index contributed by atoms with van der Waals surface area (Å²) in [4.78, 5) is 16.1. The first-order valence-electron chi connectivity index (χ1n) is 9.05. The number of carboxylic acid groups (broad SMARTS) is 1. The first-order valence-corrected chi connectivity index (χ1v) is 10.2. The van der Waals surface area contributed by atoms with Crippen molar-refractivity contribution in [2.45, 2.75) is 31.5 Å². The molecule has 3 aromatic rings. The molecule has 2 N–H and O–H groups in total. The van der Waals surface area contributed by atoms with E-state index in [0.717, 1.165) is 36.0 Å². The van der Waals surface area contributed by atoms with Crippen LogP contribution in [-0.2, 0) is 17.8 Å². The van der Waals surface area contributed by atoms with Gasteiger partial charge in [0.25, 0.3) is 0 Å². The number of carboxylic acids is 1. The molecule has 0 radical (unpaired) electrons. The van der Waals surface area contributed by atoms with Crippen LogP contribution >= 0.6 is 23.4 Å². The average molecular weight is 430 g/mol. The van der Waals surface area contributed by atoms with Gasteiger partial charge in [0.2, 0.25) is 5.16 Å². The zero-order chi connectivity index (χ0) is 20.6. The number of thioether (sulfide) groups is 1. The van der Waals surface area contributed by atoms with E-state index in [1.165, 1.54) is 0 Å². The smallest absolute Gasteiger partial charge is 0.342 e. The lowest BCUT2D eigenvalue weighted by molar-refractivity contribution is -0.131. The van der Waals surface area contributed by atoms with Gasteiger partial charge in [-0.1, -0.05) is 42.8 Å². The van der Waals surface area contributed by atoms with Crippen LogP contribution < -0.4 is 4.74 Å². The SMILES string of the molecule is CCCc1nc(S/C(=C\c2cccc(OCc3ccc(Cl)cc3)c2)C(=O)O)n[nH]1. The fourth-order valence-corrected chi connectivity index (χ4v) is 3.35. The van der Waals surface area contributed by atoms with Crippen molar-refractivity contribution in [2.75, 3.05) is 0 Å². The van der Waals surface area contributed by atoms with E-state index in [1.54, 1.807) is 12.1 Å². The van der Waals surface area contributed by atoms with Crippen molar-refractivity contribution < 1.29 is 14.6 Å². The molecular weight excluding hydrogens is 410 g/mol. The monoisotopic (exact) mass is 429 g/mol. The molecule has 6 nitrogen and oxygen atoms in total. The first-order chi connectivity index (χ1) is 14.0. The molecule has 0 amide bonds. The van der Waals surface area contributed by atoms with Gasteiger partial charge < -0.3 is 9.84 Å². The predicted molar refractivity (Wildman–Crippen MR) is 114 cm³/mol. The summed E-state index contributed by atoms with van der Waals surface area (Å²) in [5.74, 6) is 0.355. The van der Waals surface area contributed by atoms with Gasteiger partial charge in [-0.15, -0.1) is 5.10 Å². The molecule has 0 saturated carbocycles. The van der Waals surface area contributed by atoms with Crippen LogP contribution in [0.1, 0.15) is 30.3 Å². The van der Waals surface area contributed by atoms with Crippen LogP contribution in [0, 0.1) is 0 Å². The van der Waals surface area contributed by atoms with Crippen molar-refractivity contribution in [1.29, 1.82) is 0 Å². The second-order valence-corrected chi connectivity index (χ2v) is 7.66. The van der Waals surface area contributed by atoms with E-state index < -0.39 is 5.97 Å². The van der Waals surface area contributed by atoms with E-state index in [9.17, 15) is 9.90 Å². The van der Waals surface area contributed by atoms with Crippen molar-refractivity contribution in [2.24, 2.45) is 0 Å². The Hall–Kier alpha value is -2.77. The highest BCUT2D eigenvalue weighted by Gasteiger charge is 2.13. The summed E-state index contributed by atoms with van der Waals surface area (Å²) in [5, 5.41) is 17.5. The van der Waals surface area contributed by atoms with Gasteiger partial charge in [0.05, 0.1) is 0 Å². The number of hydrogen-bond donors (Lipinski definition) is 2. The number of nitrogens with one attached hydrogen (secondary N) is 1. The fourth-order valence-electron chi connectivity index (χ4n) is 2.50. The number of halogens is 1. The van der Waals surface area contributed by atoms with Gasteiger partial charge in [0, 0.05) is 11.4 Å². The molecule has 0 aliphatic carbocycles. The molecule has 1 aromatic heterocycles. The number of H-pyrrole nitrogens is 1. The Labute approximate surface area is 178 Å². The predicted octanol–water partition coefficient (Wildman–Crippen LogP) is 5.21. The zero-order valence-corrected chi connectivity index (χ0v) is 17.3. The number of benzene rings is 2. The van der Waals surface area contributed by atoms with Gasteiger partial charge in [0.15, 0.2) is 0 Å². The van der Waals surface area contributed by atoms with E-state index in [1.807, 2.05) is 49.4 Å². The largest absolute Gasteiger partial charge is 0.489 e. The Morgan fingerprint density at radius 3 is 2.79 bits per heavy atom. The van der Waals surface area contributed by atoms with Gasteiger partial charge in [-0.2, -0.15) is 0 Å². The normalized spacial score (nSPS) is 11.4. The van der Waals surface area contributed by atoms with Gasteiger partial charge in [-0.3, -0.25) is 5.10 Å². The van der Waals surface area contributed by atoms with Crippen LogP contribution in [-0.4, -0.2) is 26.3 Å². The third-order valence-electron chi connectivity index (χ3n) is 3.88.